The number of ketones is 1. The Bertz CT molecular complexity index is 3460. The van der Waals surface area contributed by atoms with Crippen molar-refractivity contribution in [3.63, 3.8) is 0 Å². The number of hydrogen-bond acceptors (Lipinski definition) is 17. The lowest BCUT2D eigenvalue weighted by molar-refractivity contribution is -0.118. The molecule has 17 nitrogen and oxygen atoms in total. The summed E-state index contributed by atoms with van der Waals surface area (Å²) in [6.45, 7) is 2.27. The summed E-state index contributed by atoms with van der Waals surface area (Å²) in [7, 11) is -8.01. The number of nitrogen functional groups attached to an aromatic ring is 1. The normalized spacial score (nSPS) is 13.6. The van der Waals surface area contributed by atoms with Gasteiger partial charge in [0.15, 0.2) is 21.0 Å². The summed E-state index contributed by atoms with van der Waals surface area (Å²) in [6.07, 6.45) is 5.01. The van der Waals surface area contributed by atoms with E-state index in [0.29, 0.717) is 28.9 Å². The first-order chi connectivity index (χ1) is 33.2. The van der Waals surface area contributed by atoms with Crippen molar-refractivity contribution in [3.05, 3.63) is 144 Å². The van der Waals surface area contributed by atoms with E-state index >= 15 is 0 Å². The van der Waals surface area contributed by atoms with E-state index in [4.69, 9.17) is 5.84 Å². The number of carbonyl (C=O) groups excluding carboxylic acids is 3. The smallest absolute Gasteiger partial charge is 0.281 e. The number of aromatic nitrogens is 4. The van der Waals surface area contributed by atoms with E-state index in [1.807, 2.05) is 88.3 Å². The van der Waals surface area contributed by atoms with Gasteiger partial charge in [-0.15, -0.1) is 0 Å². The Morgan fingerprint density at radius 2 is 1.07 bits per heavy atom. The van der Waals surface area contributed by atoms with Gasteiger partial charge in [-0.3, -0.25) is 25.2 Å². The summed E-state index contributed by atoms with van der Waals surface area (Å²) in [5.74, 6) is 3.97. The van der Waals surface area contributed by atoms with Crippen LogP contribution in [0.5, 0.6) is 0 Å². The Kier molecular flexibility index (Phi) is 15.9. The average molecular weight is 1020 g/mol. The predicted octanol–water partition coefficient (Wildman–Crippen LogP) is 8.65. The lowest BCUT2D eigenvalue weighted by atomic mass is 9.88. The summed E-state index contributed by atoms with van der Waals surface area (Å²) < 4.78 is 54.9. The van der Waals surface area contributed by atoms with Gasteiger partial charge >= 0.3 is 0 Å². The molecule has 0 radical (unpaired) electrons. The molecule has 21 heteroatoms. The maximum atomic E-state index is 12.4. The van der Waals surface area contributed by atoms with Gasteiger partial charge in [0.25, 0.3) is 20.0 Å². The molecule has 0 spiro atoms. The van der Waals surface area contributed by atoms with Gasteiger partial charge in [0.2, 0.25) is 16.9 Å². The van der Waals surface area contributed by atoms with Crippen molar-refractivity contribution in [2.45, 2.75) is 69.9 Å². The van der Waals surface area contributed by atoms with Crippen LogP contribution in [-0.2, 0) is 42.5 Å². The van der Waals surface area contributed by atoms with Crippen LogP contribution in [0, 0.1) is 0 Å². The molecular formula is C49H48N10O7S4. The highest BCUT2D eigenvalue weighted by Gasteiger charge is 2.22. The third-order valence-corrected chi connectivity index (χ3v) is 15.3. The van der Waals surface area contributed by atoms with Gasteiger partial charge in [0, 0.05) is 42.5 Å². The van der Waals surface area contributed by atoms with Crippen LogP contribution in [0.1, 0.15) is 74.0 Å². The molecule has 4 aromatic heterocycles. The second kappa shape index (κ2) is 22.0. The topological polar surface area (TPSA) is 258 Å². The Balaban J connectivity index is 0.000000173. The molecule has 0 unspecified atom stereocenters. The van der Waals surface area contributed by atoms with Crippen LogP contribution in [0.15, 0.2) is 136 Å². The highest BCUT2D eigenvalue weighted by atomic mass is 32.2. The van der Waals surface area contributed by atoms with Gasteiger partial charge in [-0.1, -0.05) is 90.8 Å². The number of nitrogens with zero attached hydrogens (tertiary/aromatic N) is 5. The molecule has 6 N–H and O–H groups in total. The quantitative estimate of drug-likeness (QED) is 0.0670. The van der Waals surface area contributed by atoms with Crippen molar-refractivity contribution >= 4 is 96.7 Å². The second-order valence-electron chi connectivity index (χ2n) is 15.7. The number of anilines is 2. The summed E-state index contributed by atoms with van der Waals surface area (Å²) in [5.41, 5.74) is 14.7. The van der Waals surface area contributed by atoms with Crippen molar-refractivity contribution in [1.82, 2.24) is 29.4 Å². The fourth-order valence-corrected chi connectivity index (χ4v) is 11.1. The molecule has 2 amide bonds. The second-order valence-corrected chi connectivity index (χ2v) is 21.0. The van der Waals surface area contributed by atoms with E-state index in [-0.39, 0.29) is 23.3 Å². The number of Topliss-reactive ketones (excluding diaryl/α,β-unsaturated/α-hetero) is 1. The van der Waals surface area contributed by atoms with Gasteiger partial charge < -0.3 is 0 Å². The minimum Gasteiger partial charge on any atom is -0.300 e. The first kappa shape index (κ1) is 50.6. The molecule has 4 heterocycles. The summed E-state index contributed by atoms with van der Waals surface area (Å²) in [6, 6.07) is 36.6. The number of nitrogens with two attached hydrogens (primary N) is 1. The fourth-order valence-electron chi connectivity index (χ4n) is 7.61. The van der Waals surface area contributed by atoms with Crippen LogP contribution in [0.3, 0.4) is 0 Å². The van der Waals surface area contributed by atoms with E-state index in [9.17, 15) is 31.2 Å². The number of para-hydroxylation sites is 2. The number of fused-ring (bicyclic) bond motifs is 4. The molecule has 0 saturated carbocycles. The number of amides is 2. The Labute approximate surface area is 412 Å². The van der Waals surface area contributed by atoms with Crippen molar-refractivity contribution in [3.8, 4) is 22.5 Å². The number of sulfonamides is 2. The minimum atomic E-state index is -4.02. The van der Waals surface area contributed by atoms with Crippen molar-refractivity contribution in [2.75, 3.05) is 10.9 Å². The zero-order valence-electron chi connectivity index (χ0n) is 37.1. The number of aryl methyl sites for hydroxylation is 2. The van der Waals surface area contributed by atoms with Crippen LogP contribution in [-0.4, -0.2) is 60.1 Å². The number of thiazole rings is 2. The van der Waals surface area contributed by atoms with E-state index < -0.39 is 31.9 Å². The standard InChI is InChI=1S/C24H21N5O3S2.C17H16N2O4S.C7H7N3S.CH4/c1-15(30)29-34(31,32)23-11-5-8-19(25-23)17-13-12-16-6-4-9-20(18(16)14-17)27-28-24-26-21-7-2-3-10-22(21)33-24;1-11(20)19-24(22,23)17-7-3-5-15(18-17)13-9-8-12-4-2-6-16(21)14(12)10-13;8-10-7-9-5-3-1-2-4-6(5)11-7;/h2-3,5,7-8,10-14H,4,6,9H2,1H3,(H,26,28)(H,29,30);3,5,7-10H,2,4,6H2,1H3,(H,19,20);1-4H,8H2,(H,9,10);1H4/b27-20+;;;. The number of hydrazone groups is 1. The number of rotatable bonds is 9. The average Bonchev–Trinajstić information content (AvgIpc) is 3.97. The molecule has 2 aliphatic rings. The lowest BCUT2D eigenvalue weighted by Crippen LogP contribution is -2.28. The van der Waals surface area contributed by atoms with Crippen molar-refractivity contribution in [2.24, 2.45) is 10.9 Å². The molecule has 0 aliphatic heterocycles. The fraction of sp³-hybridized carbons (Fsp3) is 0.184. The lowest BCUT2D eigenvalue weighted by Gasteiger charge is -2.19. The van der Waals surface area contributed by atoms with Crippen LogP contribution >= 0.6 is 22.7 Å². The molecule has 0 saturated heterocycles. The highest BCUT2D eigenvalue weighted by molar-refractivity contribution is 7.90. The predicted molar refractivity (Wildman–Crippen MR) is 275 cm³/mol. The molecule has 360 valence electrons. The number of carbonyl (C=O) groups is 3. The summed E-state index contributed by atoms with van der Waals surface area (Å²) >= 11 is 3.10. The summed E-state index contributed by atoms with van der Waals surface area (Å²) in [4.78, 5) is 51.5. The molecular weight excluding hydrogens is 969 g/mol. The number of hydrazine groups is 1. The Morgan fingerprint density at radius 1 is 0.586 bits per heavy atom. The zero-order valence-corrected chi connectivity index (χ0v) is 40.4. The Morgan fingerprint density at radius 3 is 1.60 bits per heavy atom. The van der Waals surface area contributed by atoms with Crippen LogP contribution in [0.2, 0.25) is 0 Å². The molecule has 0 atom stereocenters. The first-order valence-electron chi connectivity index (χ1n) is 21.5. The van der Waals surface area contributed by atoms with Gasteiger partial charge in [-0.25, -0.2) is 35.2 Å². The van der Waals surface area contributed by atoms with Gasteiger partial charge in [0.1, 0.15) is 0 Å². The molecule has 0 fully saturated rings. The molecule has 2 aliphatic carbocycles. The van der Waals surface area contributed by atoms with E-state index in [0.717, 1.165) is 99.0 Å². The molecule has 10 rings (SSSR count). The zero-order chi connectivity index (χ0) is 48.7. The van der Waals surface area contributed by atoms with Crippen LogP contribution in [0.4, 0.5) is 10.3 Å². The third kappa shape index (κ3) is 12.1. The number of pyridine rings is 2. The van der Waals surface area contributed by atoms with Gasteiger partial charge in [-0.05, 0) is 104 Å². The summed E-state index contributed by atoms with van der Waals surface area (Å²) in [5, 5.41) is 5.71. The highest BCUT2D eigenvalue weighted by Crippen LogP contribution is 2.31. The SMILES string of the molecule is C.CC(=O)NS(=O)(=O)c1cccc(-c2ccc3c(c2)/C(=N/Nc2nc4ccccc4s2)CCC3)n1.CC(=O)NS(=O)(=O)c1cccc(-c2ccc3c(c2)C(=O)CCC3)n1.NNc1nc2ccccc2s1. The third-order valence-electron chi connectivity index (χ3n) is 10.7. The molecule has 70 heavy (non-hydrogen) atoms. The molecule has 4 aromatic carbocycles. The van der Waals surface area contributed by atoms with Gasteiger partial charge in [0.05, 0.1) is 37.5 Å². The van der Waals surface area contributed by atoms with Gasteiger partial charge in [-0.2, -0.15) is 21.9 Å². The van der Waals surface area contributed by atoms with E-state index in [1.54, 1.807) is 53.0 Å². The van der Waals surface area contributed by atoms with Crippen molar-refractivity contribution < 1.29 is 31.2 Å². The van der Waals surface area contributed by atoms with E-state index in [1.165, 1.54) is 17.7 Å². The molecule has 8 aromatic rings. The van der Waals surface area contributed by atoms with Crippen LogP contribution < -0.4 is 26.1 Å². The maximum Gasteiger partial charge on any atom is 0.281 e. The molecule has 0 bridgehead atoms. The maximum absolute atomic E-state index is 12.4. The number of hydrogen-bond donors (Lipinski definition) is 5. The minimum absolute atomic E-state index is 0. The van der Waals surface area contributed by atoms with Crippen LogP contribution in [0.25, 0.3) is 42.9 Å². The number of nitrogens with one attached hydrogen (secondary N) is 4. The number of benzene rings is 4. The van der Waals surface area contributed by atoms with Crippen molar-refractivity contribution in [1.29, 1.82) is 0 Å². The monoisotopic (exact) mass is 1020 g/mol. The Hall–Kier alpha value is -7.30. The van der Waals surface area contributed by atoms with E-state index in [2.05, 4.69) is 35.9 Å². The first-order valence-corrected chi connectivity index (χ1v) is 26.1. The largest absolute Gasteiger partial charge is 0.300 e.